The Morgan fingerprint density at radius 1 is 1.36 bits per heavy atom. The maximum absolute atomic E-state index is 14.3. The van der Waals surface area contributed by atoms with Crippen LogP contribution in [0.15, 0.2) is 42.6 Å². The van der Waals surface area contributed by atoms with E-state index in [2.05, 4.69) is 5.32 Å². The summed E-state index contributed by atoms with van der Waals surface area (Å²) < 4.78 is 26.2. The molecule has 6 heteroatoms. The molecule has 2 aliphatic heterocycles. The van der Waals surface area contributed by atoms with E-state index in [4.69, 9.17) is 14.7 Å². The van der Waals surface area contributed by atoms with Crippen molar-refractivity contribution in [3.05, 3.63) is 65.1 Å². The van der Waals surface area contributed by atoms with Gasteiger partial charge in [-0.15, -0.1) is 0 Å². The van der Waals surface area contributed by atoms with Gasteiger partial charge in [-0.05, 0) is 41.8 Å². The zero-order valence-electron chi connectivity index (χ0n) is 15.7. The highest BCUT2D eigenvalue weighted by atomic mass is 19.1. The van der Waals surface area contributed by atoms with Crippen molar-refractivity contribution in [2.24, 2.45) is 0 Å². The molecule has 1 N–H and O–H groups in total. The predicted molar refractivity (Wildman–Crippen MR) is 104 cm³/mol. The maximum atomic E-state index is 14.3. The Hall–Kier alpha value is -2.88. The minimum Gasteiger partial charge on any atom is -0.471 e. The van der Waals surface area contributed by atoms with E-state index >= 15 is 0 Å². The molecular weight excluding hydrogens is 357 g/mol. The van der Waals surface area contributed by atoms with Crippen molar-refractivity contribution in [2.45, 2.75) is 19.1 Å². The number of hydrogen-bond acceptors (Lipinski definition) is 5. The summed E-state index contributed by atoms with van der Waals surface area (Å²) in [5, 5.41) is 12.3. The first-order valence-electron chi connectivity index (χ1n) is 9.35. The van der Waals surface area contributed by atoms with E-state index in [1.165, 1.54) is 12.1 Å². The second-order valence-corrected chi connectivity index (χ2v) is 7.10. The third-order valence-corrected chi connectivity index (χ3v) is 5.05. The van der Waals surface area contributed by atoms with Gasteiger partial charge in [0, 0.05) is 25.4 Å². The summed E-state index contributed by atoms with van der Waals surface area (Å²) in [5.74, 6) is 0.217. The number of hydrogen-bond donors (Lipinski definition) is 1. The minimum atomic E-state index is -0.525. The highest BCUT2D eigenvalue weighted by Gasteiger charge is 2.22. The molecule has 5 nitrogen and oxygen atoms in total. The van der Waals surface area contributed by atoms with E-state index in [0.717, 1.165) is 42.0 Å². The first kappa shape index (κ1) is 18.5. The number of benzene rings is 2. The first-order chi connectivity index (χ1) is 13.7. The van der Waals surface area contributed by atoms with Crippen molar-refractivity contribution >= 4 is 5.76 Å². The molecular formula is C22H22FN3O2. The molecule has 0 bridgehead atoms. The van der Waals surface area contributed by atoms with Crippen molar-refractivity contribution in [1.29, 1.82) is 5.26 Å². The molecule has 2 aromatic rings. The van der Waals surface area contributed by atoms with Gasteiger partial charge >= 0.3 is 0 Å². The van der Waals surface area contributed by atoms with Gasteiger partial charge in [0.05, 0.1) is 18.3 Å². The second-order valence-electron chi connectivity index (χ2n) is 7.10. The molecule has 2 aliphatic rings. The van der Waals surface area contributed by atoms with Crippen LogP contribution >= 0.6 is 0 Å². The normalized spacial score (nSPS) is 18.7. The Morgan fingerprint density at radius 2 is 2.25 bits per heavy atom. The van der Waals surface area contributed by atoms with Gasteiger partial charge in [0.25, 0.3) is 0 Å². The van der Waals surface area contributed by atoms with Crippen LogP contribution in [0.25, 0.3) is 16.9 Å². The number of nitrogens with one attached hydrogen (secondary N) is 1. The average molecular weight is 379 g/mol. The van der Waals surface area contributed by atoms with Gasteiger partial charge in [-0.25, -0.2) is 4.39 Å². The molecule has 2 aromatic carbocycles. The Morgan fingerprint density at radius 3 is 2.93 bits per heavy atom. The van der Waals surface area contributed by atoms with Crippen LogP contribution in [0.5, 0.6) is 0 Å². The molecule has 144 valence electrons. The molecule has 1 saturated heterocycles. The van der Waals surface area contributed by atoms with Crippen LogP contribution in [0, 0.1) is 17.1 Å². The Kier molecular flexibility index (Phi) is 5.29. The average Bonchev–Trinajstić information content (AvgIpc) is 3.37. The fraction of sp³-hybridized carbons (Fsp3) is 0.318. The van der Waals surface area contributed by atoms with Gasteiger partial charge in [0.15, 0.2) is 6.73 Å². The van der Waals surface area contributed by atoms with Gasteiger partial charge in [-0.1, -0.05) is 24.3 Å². The number of halogens is 1. The van der Waals surface area contributed by atoms with Crippen LogP contribution in [0.1, 0.15) is 23.1 Å². The molecule has 1 fully saturated rings. The Labute approximate surface area is 164 Å². The lowest BCUT2D eigenvalue weighted by atomic mass is 9.93. The molecule has 0 aromatic heterocycles. The fourth-order valence-electron chi connectivity index (χ4n) is 3.59. The molecule has 28 heavy (non-hydrogen) atoms. The van der Waals surface area contributed by atoms with Gasteiger partial charge in [0.2, 0.25) is 0 Å². The van der Waals surface area contributed by atoms with Gasteiger partial charge < -0.3 is 19.7 Å². The van der Waals surface area contributed by atoms with Crippen LogP contribution in [0.3, 0.4) is 0 Å². The third kappa shape index (κ3) is 3.72. The Bertz CT molecular complexity index is 945. The predicted octanol–water partition coefficient (Wildman–Crippen LogP) is 3.46. The summed E-state index contributed by atoms with van der Waals surface area (Å²) in [5.41, 5.74) is 3.50. The highest BCUT2D eigenvalue weighted by Crippen LogP contribution is 2.35. The van der Waals surface area contributed by atoms with Crippen molar-refractivity contribution in [1.82, 2.24) is 10.2 Å². The number of nitriles is 1. The molecule has 4 rings (SSSR count). The lowest BCUT2D eigenvalue weighted by Crippen LogP contribution is -2.17. The standard InChI is InChI=1S/C22H22FN3O2/c1-26-12-21(28-14-26)22-17(13-27-18-7-8-25-11-18)3-2-4-19(22)15-5-6-16(10-24)20(23)9-15/h2-6,9,12,18,25H,7-8,11,13-14H2,1H3. The van der Waals surface area contributed by atoms with E-state index in [1.54, 1.807) is 6.07 Å². The lowest BCUT2D eigenvalue weighted by Gasteiger charge is -2.18. The zero-order chi connectivity index (χ0) is 19.5. The summed E-state index contributed by atoms with van der Waals surface area (Å²) in [4.78, 5) is 1.96. The number of rotatable bonds is 5. The van der Waals surface area contributed by atoms with Crippen molar-refractivity contribution in [2.75, 3.05) is 26.9 Å². The van der Waals surface area contributed by atoms with Crippen LogP contribution < -0.4 is 5.32 Å². The van der Waals surface area contributed by atoms with Gasteiger partial charge in [0.1, 0.15) is 17.6 Å². The summed E-state index contributed by atoms with van der Waals surface area (Å²) in [7, 11) is 1.94. The second kappa shape index (κ2) is 8.01. The molecule has 1 atom stereocenters. The fourth-order valence-corrected chi connectivity index (χ4v) is 3.59. The zero-order valence-corrected chi connectivity index (χ0v) is 15.7. The van der Waals surface area contributed by atoms with E-state index < -0.39 is 5.82 Å². The lowest BCUT2D eigenvalue weighted by molar-refractivity contribution is 0.0539. The topological polar surface area (TPSA) is 57.5 Å². The Balaban J connectivity index is 1.75. The number of ether oxygens (including phenoxy) is 2. The molecule has 0 aliphatic carbocycles. The van der Waals surface area contributed by atoms with Gasteiger partial charge in [-0.2, -0.15) is 5.26 Å². The first-order valence-corrected chi connectivity index (χ1v) is 9.35. The van der Waals surface area contributed by atoms with Crippen molar-refractivity contribution in [3.8, 4) is 17.2 Å². The summed E-state index contributed by atoms with van der Waals surface area (Å²) in [6.45, 7) is 2.76. The van der Waals surface area contributed by atoms with Crippen LogP contribution in [0.4, 0.5) is 4.39 Å². The smallest absolute Gasteiger partial charge is 0.161 e. The monoisotopic (exact) mass is 379 g/mol. The molecule has 0 saturated carbocycles. The minimum absolute atomic E-state index is 0.0367. The van der Waals surface area contributed by atoms with E-state index in [9.17, 15) is 4.39 Å². The number of nitrogens with zero attached hydrogens (tertiary/aromatic N) is 2. The van der Waals surface area contributed by atoms with E-state index in [1.807, 2.05) is 42.4 Å². The SMILES string of the molecule is CN1C=C(c2c(COC3CCNC3)cccc2-c2ccc(C#N)c(F)c2)OC1. The molecule has 1 unspecified atom stereocenters. The van der Waals surface area contributed by atoms with Crippen molar-refractivity contribution < 1.29 is 13.9 Å². The largest absolute Gasteiger partial charge is 0.471 e. The summed E-state index contributed by atoms with van der Waals surface area (Å²) >= 11 is 0. The maximum Gasteiger partial charge on any atom is 0.161 e. The van der Waals surface area contributed by atoms with E-state index in [-0.39, 0.29) is 11.7 Å². The molecule has 2 heterocycles. The molecule has 0 spiro atoms. The summed E-state index contributed by atoms with van der Waals surface area (Å²) in [6.07, 6.45) is 3.14. The van der Waals surface area contributed by atoms with Crippen LogP contribution in [0.2, 0.25) is 0 Å². The van der Waals surface area contributed by atoms with Crippen LogP contribution in [-0.4, -0.2) is 37.9 Å². The molecule has 0 radical (unpaired) electrons. The molecule has 0 amide bonds. The quantitative estimate of drug-likeness (QED) is 0.862. The highest BCUT2D eigenvalue weighted by molar-refractivity contribution is 5.81. The third-order valence-electron chi connectivity index (χ3n) is 5.05. The van der Waals surface area contributed by atoms with Crippen LogP contribution in [-0.2, 0) is 16.1 Å². The van der Waals surface area contributed by atoms with E-state index in [0.29, 0.717) is 18.9 Å². The van der Waals surface area contributed by atoms with Crippen molar-refractivity contribution in [3.63, 3.8) is 0 Å². The van der Waals surface area contributed by atoms with Gasteiger partial charge in [-0.3, -0.25) is 0 Å². The summed E-state index contributed by atoms with van der Waals surface area (Å²) in [6, 6.07) is 12.5.